The Bertz CT molecular complexity index is 763. The number of sulfonamides is 1. The zero-order valence-electron chi connectivity index (χ0n) is 11.0. The summed E-state index contributed by atoms with van der Waals surface area (Å²) in [6.07, 6.45) is -0.732. The van der Waals surface area contributed by atoms with Gasteiger partial charge in [0.15, 0.2) is 0 Å². The smallest absolute Gasteiger partial charge is 0.261 e. The fourth-order valence-electron chi connectivity index (χ4n) is 1.72. The summed E-state index contributed by atoms with van der Waals surface area (Å²) in [6, 6.07) is 10.9. The van der Waals surface area contributed by atoms with Crippen molar-refractivity contribution in [3.8, 4) is 0 Å². The summed E-state index contributed by atoms with van der Waals surface area (Å²) in [5.41, 5.74) is 0.934. The molecule has 0 heterocycles. The van der Waals surface area contributed by atoms with Crippen molar-refractivity contribution >= 4 is 43.2 Å². The predicted octanol–water partition coefficient (Wildman–Crippen LogP) is 3.96. The molecular formula is C14H13BrClNO3S. The van der Waals surface area contributed by atoms with E-state index in [1.54, 1.807) is 37.3 Å². The molecule has 0 aliphatic rings. The van der Waals surface area contributed by atoms with Crippen LogP contribution >= 0.6 is 27.5 Å². The third-order valence-corrected chi connectivity index (χ3v) is 5.42. The predicted molar refractivity (Wildman–Crippen MR) is 87.0 cm³/mol. The van der Waals surface area contributed by atoms with Crippen LogP contribution < -0.4 is 4.72 Å². The van der Waals surface area contributed by atoms with Crippen LogP contribution in [0.2, 0.25) is 5.02 Å². The molecular weight excluding hydrogens is 378 g/mol. The molecule has 21 heavy (non-hydrogen) atoms. The second-order valence-electron chi connectivity index (χ2n) is 4.48. The maximum absolute atomic E-state index is 12.3. The van der Waals surface area contributed by atoms with Crippen molar-refractivity contribution in [3.63, 3.8) is 0 Å². The monoisotopic (exact) mass is 389 g/mol. The lowest BCUT2D eigenvalue weighted by molar-refractivity contribution is 0.199. The molecule has 0 aromatic heterocycles. The molecule has 0 bridgehead atoms. The van der Waals surface area contributed by atoms with Gasteiger partial charge in [0.05, 0.1) is 21.7 Å². The van der Waals surface area contributed by atoms with Crippen molar-refractivity contribution < 1.29 is 13.5 Å². The van der Waals surface area contributed by atoms with Crippen LogP contribution in [0, 0.1) is 0 Å². The Balaban J connectivity index is 2.33. The Morgan fingerprint density at radius 2 is 1.95 bits per heavy atom. The van der Waals surface area contributed by atoms with E-state index in [9.17, 15) is 13.5 Å². The standard InChI is InChI=1S/C14H13BrClNO3S/c1-9(18)10-3-2-4-12(7-10)21(19,20)17-11-5-6-14(16)13(15)8-11/h2-9,17-18H,1H3. The van der Waals surface area contributed by atoms with E-state index < -0.39 is 16.1 Å². The van der Waals surface area contributed by atoms with Gasteiger partial charge >= 0.3 is 0 Å². The first-order chi connectivity index (χ1) is 9.79. The van der Waals surface area contributed by atoms with Crippen LogP contribution in [0.3, 0.4) is 0 Å². The maximum Gasteiger partial charge on any atom is 0.261 e. The first kappa shape index (κ1) is 16.3. The molecule has 0 amide bonds. The molecule has 0 aliphatic carbocycles. The van der Waals surface area contributed by atoms with Gasteiger partial charge in [-0.3, -0.25) is 4.72 Å². The summed E-state index contributed by atoms with van der Waals surface area (Å²) in [6.45, 7) is 1.58. The topological polar surface area (TPSA) is 66.4 Å². The fraction of sp³-hybridized carbons (Fsp3) is 0.143. The van der Waals surface area contributed by atoms with Gasteiger partial charge in [0, 0.05) is 4.47 Å². The molecule has 0 aliphatic heterocycles. The Labute approximate surface area is 136 Å². The second kappa shape index (κ2) is 6.36. The largest absolute Gasteiger partial charge is 0.389 e. The SMILES string of the molecule is CC(O)c1cccc(S(=O)(=O)Nc2ccc(Cl)c(Br)c2)c1. The minimum atomic E-state index is -3.72. The molecule has 1 atom stereocenters. The van der Waals surface area contributed by atoms with Gasteiger partial charge in [-0.2, -0.15) is 0 Å². The van der Waals surface area contributed by atoms with Crippen LogP contribution in [0.1, 0.15) is 18.6 Å². The van der Waals surface area contributed by atoms with Gasteiger partial charge in [0.1, 0.15) is 0 Å². The number of rotatable bonds is 4. The average molecular weight is 391 g/mol. The molecule has 2 rings (SSSR count). The molecule has 0 saturated heterocycles. The number of hydrogen-bond donors (Lipinski definition) is 2. The van der Waals surface area contributed by atoms with Crippen LogP contribution in [0.15, 0.2) is 51.8 Å². The van der Waals surface area contributed by atoms with E-state index in [-0.39, 0.29) is 4.90 Å². The van der Waals surface area contributed by atoms with Gasteiger partial charge in [-0.15, -0.1) is 0 Å². The first-order valence-electron chi connectivity index (χ1n) is 6.05. The number of nitrogens with one attached hydrogen (secondary N) is 1. The van der Waals surface area contributed by atoms with Crippen molar-refractivity contribution in [2.75, 3.05) is 4.72 Å². The van der Waals surface area contributed by atoms with E-state index in [4.69, 9.17) is 11.6 Å². The summed E-state index contributed by atoms with van der Waals surface area (Å²) in [4.78, 5) is 0.0898. The van der Waals surface area contributed by atoms with Crippen LogP contribution in [0.25, 0.3) is 0 Å². The summed E-state index contributed by atoms with van der Waals surface area (Å²) >= 11 is 9.11. The van der Waals surface area contributed by atoms with E-state index in [1.165, 1.54) is 12.1 Å². The molecule has 2 aromatic rings. The highest BCUT2D eigenvalue weighted by Gasteiger charge is 2.16. The summed E-state index contributed by atoms with van der Waals surface area (Å²) < 4.78 is 27.7. The highest BCUT2D eigenvalue weighted by Crippen LogP contribution is 2.27. The third-order valence-electron chi connectivity index (χ3n) is 2.82. The van der Waals surface area contributed by atoms with E-state index >= 15 is 0 Å². The van der Waals surface area contributed by atoms with E-state index in [2.05, 4.69) is 20.7 Å². The van der Waals surface area contributed by atoms with Gasteiger partial charge in [0.25, 0.3) is 10.0 Å². The number of hydrogen-bond acceptors (Lipinski definition) is 3. The second-order valence-corrected chi connectivity index (χ2v) is 7.43. The van der Waals surface area contributed by atoms with E-state index in [1.807, 2.05) is 0 Å². The van der Waals surface area contributed by atoms with Crippen molar-refractivity contribution in [3.05, 3.63) is 57.5 Å². The average Bonchev–Trinajstić information content (AvgIpc) is 2.43. The lowest BCUT2D eigenvalue weighted by Crippen LogP contribution is -2.13. The third kappa shape index (κ3) is 3.97. The minimum Gasteiger partial charge on any atom is -0.389 e. The number of aliphatic hydroxyl groups excluding tert-OH is 1. The number of anilines is 1. The molecule has 0 radical (unpaired) electrons. The van der Waals surface area contributed by atoms with Gasteiger partial charge < -0.3 is 5.11 Å². The zero-order chi connectivity index (χ0) is 15.6. The summed E-state index contributed by atoms with van der Waals surface area (Å²) in [5.74, 6) is 0. The molecule has 2 N–H and O–H groups in total. The Hall–Kier alpha value is -1.08. The normalized spacial score (nSPS) is 13.0. The molecule has 0 fully saturated rings. The molecule has 7 heteroatoms. The van der Waals surface area contributed by atoms with Crippen LogP contribution in [-0.4, -0.2) is 13.5 Å². The van der Waals surface area contributed by atoms with Gasteiger partial charge in [-0.1, -0.05) is 23.7 Å². The molecule has 2 aromatic carbocycles. The Morgan fingerprint density at radius 3 is 2.57 bits per heavy atom. The van der Waals surface area contributed by atoms with Crippen LogP contribution in [-0.2, 0) is 10.0 Å². The van der Waals surface area contributed by atoms with Crippen molar-refractivity contribution in [1.82, 2.24) is 0 Å². The van der Waals surface area contributed by atoms with Gasteiger partial charge in [0.2, 0.25) is 0 Å². The van der Waals surface area contributed by atoms with E-state index in [0.717, 1.165) is 0 Å². The molecule has 112 valence electrons. The van der Waals surface area contributed by atoms with Crippen LogP contribution in [0.5, 0.6) is 0 Å². The summed E-state index contributed by atoms with van der Waals surface area (Å²) in [5, 5.41) is 10.0. The number of aliphatic hydroxyl groups is 1. The Morgan fingerprint density at radius 1 is 1.24 bits per heavy atom. The lowest BCUT2D eigenvalue weighted by atomic mass is 10.1. The number of halogens is 2. The maximum atomic E-state index is 12.3. The highest BCUT2D eigenvalue weighted by atomic mass is 79.9. The Kier molecular flexibility index (Phi) is 4.93. The number of benzene rings is 2. The quantitative estimate of drug-likeness (QED) is 0.830. The highest BCUT2D eigenvalue weighted by molar-refractivity contribution is 9.10. The lowest BCUT2D eigenvalue weighted by Gasteiger charge is -2.11. The minimum absolute atomic E-state index is 0.0898. The van der Waals surface area contributed by atoms with Crippen molar-refractivity contribution in [2.24, 2.45) is 0 Å². The van der Waals surface area contributed by atoms with Gasteiger partial charge in [-0.05, 0) is 58.7 Å². The van der Waals surface area contributed by atoms with Gasteiger partial charge in [-0.25, -0.2) is 8.42 Å². The van der Waals surface area contributed by atoms with Crippen LogP contribution in [0.4, 0.5) is 5.69 Å². The molecule has 1 unspecified atom stereocenters. The summed E-state index contributed by atoms with van der Waals surface area (Å²) in [7, 11) is -3.72. The van der Waals surface area contributed by atoms with E-state index in [0.29, 0.717) is 20.7 Å². The van der Waals surface area contributed by atoms with Crippen molar-refractivity contribution in [1.29, 1.82) is 0 Å². The zero-order valence-corrected chi connectivity index (χ0v) is 14.2. The molecule has 0 spiro atoms. The molecule has 4 nitrogen and oxygen atoms in total. The fourth-order valence-corrected chi connectivity index (χ4v) is 3.32. The molecule has 0 saturated carbocycles. The first-order valence-corrected chi connectivity index (χ1v) is 8.71. The van der Waals surface area contributed by atoms with Crippen molar-refractivity contribution in [2.45, 2.75) is 17.9 Å².